The molecule has 222 valence electrons. The molecular formula is C24H23F4N2O9PS. The Morgan fingerprint density at radius 1 is 1.02 bits per heavy atom. The van der Waals surface area contributed by atoms with Gasteiger partial charge in [-0.15, -0.1) is 0 Å². The monoisotopic (exact) mass is 622 g/mol. The van der Waals surface area contributed by atoms with Crippen molar-refractivity contribution in [1.82, 2.24) is 9.55 Å². The van der Waals surface area contributed by atoms with Crippen LogP contribution in [0, 0.1) is 5.82 Å². The number of nitrogens with zero attached hydrogens (tertiary/aromatic N) is 1. The van der Waals surface area contributed by atoms with Crippen LogP contribution in [0.15, 0.2) is 64.3 Å². The van der Waals surface area contributed by atoms with E-state index in [1.165, 1.54) is 62.8 Å². The summed E-state index contributed by atoms with van der Waals surface area (Å²) in [6.07, 6.45) is -10.9. The van der Waals surface area contributed by atoms with Crippen LogP contribution in [-0.2, 0) is 21.1 Å². The summed E-state index contributed by atoms with van der Waals surface area (Å²) >= 11 is 5.46. The molecule has 1 aliphatic heterocycles. The summed E-state index contributed by atoms with van der Waals surface area (Å²) < 4.78 is 90.5. The van der Waals surface area contributed by atoms with Gasteiger partial charge in [0.25, 0.3) is 12.0 Å². The first-order valence-electron chi connectivity index (χ1n) is 11.6. The normalized spacial score (nSPS) is 22.5. The highest BCUT2D eigenvalue weighted by Gasteiger charge is 2.62. The van der Waals surface area contributed by atoms with Gasteiger partial charge in [0.15, 0.2) is 18.0 Å². The Hall–Kier alpha value is -3.43. The summed E-state index contributed by atoms with van der Waals surface area (Å²) in [7, 11) is 2.88. The van der Waals surface area contributed by atoms with Crippen molar-refractivity contribution >= 4 is 18.5 Å². The number of hydrogen-bond donors (Lipinski definition) is 2. The summed E-state index contributed by atoms with van der Waals surface area (Å²) in [4.78, 5) is 25.1. The molecule has 0 spiro atoms. The number of aliphatic hydroxyl groups excluding tert-OH is 1. The van der Waals surface area contributed by atoms with E-state index in [0.29, 0.717) is 11.5 Å². The fraction of sp³-hybridized carbons (Fsp3) is 0.333. The quantitative estimate of drug-likeness (QED) is 0.243. The molecule has 2 N–H and O–H groups in total. The topological polar surface area (TPSA) is 130 Å². The predicted molar refractivity (Wildman–Crippen MR) is 139 cm³/mol. The van der Waals surface area contributed by atoms with E-state index >= 15 is 4.39 Å². The molecule has 11 nitrogen and oxygen atoms in total. The SMILES string of the molecule is COc1ccc(OP(=S)(OCC2(C(F)F)OC(n3cc(F)c(=O)[nH]c3=O)C(F)C2O)Oc2ccc(OC)cc2)cc1. The molecule has 0 amide bonds. The molecule has 2 aromatic carbocycles. The largest absolute Gasteiger partial charge is 0.497 e. The molecule has 17 heteroatoms. The van der Waals surface area contributed by atoms with Gasteiger partial charge in [0.2, 0.25) is 5.82 Å². The molecule has 4 unspecified atom stereocenters. The lowest BCUT2D eigenvalue weighted by Crippen LogP contribution is -2.52. The second-order valence-electron chi connectivity index (χ2n) is 8.55. The van der Waals surface area contributed by atoms with E-state index in [2.05, 4.69) is 0 Å². The van der Waals surface area contributed by atoms with Gasteiger partial charge in [-0.3, -0.25) is 18.9 Å². The molecule has 0 radical (unpaired) electrons. The smallest absolute Gasteiger partial charge is 0.435 e. The zero-order valence-corrected chi connectivity index (χ0v) is 23.0. The van der Waals surface area contributed by atoms with Crippen molar-refractivity contribution in [2.75, 3.05) is 20.8 Å². The van der Waals surface area contributed by atoms with Gasteiger partial charge >= 0.3 is 12.4 Å². The molecule has 4 rings (SSSR count). The van der Waals surface area contributed by atoms with Crippen LogP contribution in [0.5, 0.6) is 23.0 Å². The third-order valence-electron chi connectivity index (χ3n) is 5.98. The zero-order valence-electron chi connectivity index (χ0n) is 21.2. The van der Waals surface area contributed by atoms with Crippen LogP contribution in [0.2, 0.25) is 0 Å². The van der Waals surface area contributed by atoms with Crippen molar-refractivity contribution in [1.29, 1.82) is 0 Å². The molecule has 2 heterocycles. The molecule has 1 fully saturated rings. The van der Waals surface area contributed by atoms with E-state index < -0.39 is 60.9 Å². The number of aromatic amines is 1. The molecule has 0 aliphatic carbocycles. The standard InChI is InChI=1S/C24H23F4N2O9PS/c1-34-13-3-7-15(8-4-13)38-40(41,39-16-9-5-14(35-2)6-10-16)36-12-24(22(27)28)19(31)18(26)21(37-24)30-11-17(25)20(32)29-23(30)33/h3-11,18-19,21-22,31H,12H2,1-2H3,(H,29,32,33). The molecule has 0 saturated carbocycles. The lowest BCUT2D eigenvalue weighted by Gasteiger charge is -2.32. The van der Waals surface area contributed by atoms with Gasteiger partial charge < -0.3 is 28.4 Å². The Kier molecular flexibility index (Phi) is 9.09. The van der Waals surface area contributed by atoms with Crippen LogP contribution in [0.4, 0.5) is 17.6 Å². The maximum atomic E-state index is 15.1. The highest BCUT2D eigenvalue weighted by molar-refractivity contribution is 8.07. The molecule has 0 bridgehead atoms. The molecule has 3 aromatic rings. The first-order valence-corrected chi connectivity index (χ1v) is 14.2. The van der Waals surface area contributed by atoms with Gasteiger partial charge in [-0.05, 0) is 48.5 Å². The number of halogens is 4. The Morgan fingerprint density at radius 3 is 1.98 bits per heavy atom. The van der Waals surface area contributed by atoms with E-state index in [9.17, 15) is 27.9 Å². The average molecular weight is 622 g/mol. The van der Waals surface area contributed by atoms with Crippen molar-refractivity contribution in [2.45, 2.75) is 30.5 Å². The lowest BCUT2D eigenvalue weighted by molar-refractivity contribution is -0.192. The van der Waals surface area contributed by atoms with Crippen molar-refractivity contribution in [3.05, 3.63) is 81.4 Å². The van der Waals surface area contributed by atoms with Crippen LogP contribution >= 0.6 is 6.72 Å². The Balaban J connectivity index is 1.65. The number of alkyl halides is 3. The van der Waals surface area contributed by atoms with E-state index in [0.717, 1.165) is 0 Å². The maximum absolute atomic E-state index is 15.1. The fourth-order valence-corrected chi connectivity index (χ4v) is 5.73. The van der Waals surface area contributed by atoms with Gasteiger partial charge in [-0.25, -0.2) is 18.0 Å². The Bertz CT molecular complexity index is 1470. The molecule has 1 aromatic heterocycles. The highest BCUT2D eigenvalue weighted by Crippen LogP contribution is 2.53. The van der Waals surface area contributed by atoms with Gasteiger partial charge in [-0.1, -0.05) is 0 Å². The number of nitrogens with one attached hydrogen (secondary N) is 1. The van der Waals surface area contributed by atoms with Crippen molar-refractivity contribution in [3.8, 4) is 23.0 Å². The first-order chi connectivity index (χ1) is 19.4. The fourth-order valence-electron chi connectivity index (χ4n) is 3.79. The maximum Gasteiger partial charge on any atom is 0.435 e. The van der Waals surface area contributed by atoms with E-state index in [-0.39, 0.29) is 22.3 Å². The molecular weight excluding hydrogens is 599 g/mol. The van der Waals surface area contributed by atoms with Crippen molar-refractivity contribution < 1.29 is 50.5 Å². The van der Waals surface area contributed by atoms with Crippen LogP contribution in [-0.4, -0.2) is 59.8 Å². The molecule has 4 atom stereocenters. The molecule has 41 heavy (non-hydrogen) atoms. The second-order valence-corrected chi connectivity index (χ2v) is 11.4. The van der Waals surface area contributed by atoms with Crippen LogP contribution in [0.3, 0.4) is 0 Å². The van der Waals surface area contributed by atoms with E-state index in [1.54, 1.807) is 4.98 Å². The third-order valence-corrected chi connectivity index (χ3v) is 8.06. The number of rotatable bonds is 11. The molecule has 1 saturated heterocycles. The van der Waals surface area contributed by atoms with Gasteiger partial charge in [-0.2, -0.15) is 4.39 Å². The van der Waals surface area contributed by atoms with Gasteiger partial charge in [0.05, 0.1) is 27.0 Å². The molecule has 1 aliphatic rings. The van der Waals surface area contributed by atoms with Crippen LogP contribution < -0.4 is 29.8 Å². The van der Waals surface area contributed by atoms with Crippen molar-refractivity contribution in [2.24, 2.45) is 0 Å². The average Bonchev–Trinajstić information content (AvgIpc) is 3.21. The number of hydrogen-bond acceptors (Lipinski definition) is 10. The highest BCUT2D eigenvalue weighted by atomic mass is 32.5. The number of methoxy groups -OCH3 is 2. The number of aliphatic hydroxyl groups is 1. The Labute approximate surface area is 234 Å². The summed E-state index contributed by atoms with van der Waals surface area (Å²) in [5.41, 5.74) is -5.90. The number of ether oxygens (including phenoxy) is 3. The third kappa shape index (κ3) is 6.41. The van der Waals surface area contributed by atoms with Crippen molar-refractivity contribution in [3.63, 3.8) is 0 Å². The number of aromatic nitrogens is 2. The van der Waals surface area contributed by atoms with Crippen LogP contribution in [0.25, 0.3) is 0 Å². The minimum absolute atomic E-state index is 0.0955. The van der Waals surface area contributed by atoms with E-state index in [4.69, 9.17) is 39.6 Å². The summed E-state index contributed by atoms with van der Waals surface area (Å²) in [5, 5.41) is 10.5. The summed E-state index contributed by atoms with van der Waals surface area (Å²) in [5.74, 6) is -0.389. The lowest BCUT2D eigenvalue weighted by atomic mass is 9.97. The predicted octanol–water partition coefficient (Wildman–Crippen LogP) is 3.32. The van der Waals surface area contributed by atoms with Gasteiger partial charge in [0, 0.05) is 11.8 Å². The van der Waals surface area contributed by atoms with E-state index in [1.807, 2.05) is 0 Å². The van der Waals surface area contributed by atoms with Gasteiger partial charge in [0.1, 0.15) is 29.1 Å². The minimum Gasteiger partial charge on any atom is -0.497 e. The number of H-pyrrole nitrogens is 1. The summed E-state index contributed by atoms with van der Waals surface area (Å²) in [6, 6.07) is 11.8. The minimum atomic E-state index is -4.08. The zero-order chi connectivity index (χ0) is 29.9. The second kappa shape index (κ2) is 12.2. The summed E-state index contributed by atoms with van der Waals surface area (Å²) in [6.45, 7) is -5.36. The Morgan fingerprint density at radius 2 is 1.51 bits per heavy atom. The number of benzene rings is 2. The van der Waals surface area contributed by atoms with Crippen LogP contribution in [0.1, 0.15) is 6.23 Å². The first kappa shape index (κ1) is 30.5.